The Labute approximate surface area is 114 Å². The van der Waals surface area contributed by atoms with Gasteiger partial charge in [-0.15, -0.1) is 22.7 Å². The summed E-state index contributed by atoms with van der Waals surface area (Å²) in [6.45, 7) is 2.18. The Morgan fingerprint density at radius 2 is 2.17 bits per heavy atom. The highest BCUT2D eigenvalue weighted by atomic mass is 32.1. The first-order valence-electron chi connectivity index (χ1n) is 5.80. The molecule has 0 aliphatic rings. The maximum absolute atomic E-state index is 4.34. The Morgan fingerprint density at radius 3 is 3.00 bits per heavy atom. The van der Waals surface area contributed by atoms with Crippen molar-refractivity contribution >= 4 is 38.7 Å². The van der Waals surface area contributed by atoms with Gasteiger partial charge in [0.1, 0.15) is 17.0 Å². The van der Waals surface area contributed by atoms with Gasteiger partial charge in [0.25, 0.3) is 0 Å². The lowest BCUT2D eigenvalue weighted by Gasteiger charge is -2.13. The molecule has 0 fully saturated rings. The van der Waals surface area contributed by atoms with Crippen molar-refractivity contribution in [3.05, 3.63) is 40.2 Å². The van der Waals surface area contributed by atoms with Crippen LogP contribution in [-0.4, -0.2) is 16.0 Å². The topological polar surface area (TPSA) is 37.8 Å². The van der Waals surface area contributed by atoms with Crippen LogP contribution < -0.4 is 5.32 Å². The molecule has 5 heteroatoms. The van der Waals surface area contributed by atoms with Crippen LogP contribution >= 0.6 is 22.7 Å². The standard InChI is InChI=1S/C13H13N3S2/c1-9(7-10-3-2-5-17-10)16-12-11-4-6-18-13(11)15-8-14-12/h2-6,8-9H,7H2,1H3,(H,14,15,16). The molecular formula is C13H13N3S2. The number of aromatic nitrogens is 2. The summed E-state index contributed by atoms with van der Waals surface area (Å²) in [6, 6.07) is 6.69. The summed E-state index contributed by atoms with van der Waals surface area (Å²) in [5, 5.41) is 8.75. The average molecular weight is 275 g/mol. The monoisotopic (exact) mass is 275 g/mol. The molecule has 0 aliphatic carbocycles. The van der Waals surface area contributed by atoms with Gasteiger partial charge in [-0.25, -0.2) is 9.97 Å². The predicted molar refractivity (Wildman–Crippen MR) is 78.5 cm³/mol. The van der Waals surface area contributed by atoms with Crippen molar-refractivity contribution in [3.63, 3.8) is 0 Å². The Bertz CT molecular complexity index is 631. The number of hydrogen-bond acceptors (Lipinski definition) is 5. The normalized spacial score (nSPS) is 12.7. The van der Waals surface area contributed by atoms with Crippen LogP contribution in [0.15, 0.2) is 35.3 Å². The second-order valence-corrected chi connectivity index (χ2v) is 6.12. The van der Waals surface area contributed by atoms with Crippen molar-refractivity contribution in [1.29, 1.82) is 0 Å². The predicted octanol–water partition coefficient (Wildman–Crippen LogP) is 3.80. The van der Waals surface area contributed by atoms with E-state index < -0.39 is 0 Å². The summed E-state index contributed by atoms with van der Waals surface area (Å²) in [6.07, 6.45) is 2.65. The van der Waals surface area contributed by atoms with E-state index in [0.29, 0.717) is 6.04 Å². The van der Waals surface area contributed by atoms with Crippen LogP contribution in [0.2, 0.25) is 0 Å². The van der Waals surface area contributed by atoms with E-state index in [2.05, 4.69) is 51.2 Å². The van der Waals surface area contributed by atoms with E-state index in [-0.39, 0.29) is 0 Å². The molecular weight excluding hydrogens is 262 g/mol. The number of thiophene rings is 2. The molecule has 3 nitrogen and oxygen atoms in total. The Hall–Kier alpha value is -1.46. The van der Waals surface area contributed by atoms with Crippen molar-refractivity contribution in [2.75, 3.05) is 5.32 Å². The van der Waals surface area contributed by atoms with Crippen molar-refractivity contribution in [2.45, 2.75) is 19.4 Å². The van der Waals surface area contributed by atoms with E-state index >= 15 is 0 Å². The molecule has 3 heterocycles. The van der Waals surface area contributed by atoms with Gasteiger partial charge in [0.15, 0.2) is 0 Å². The fourth-order valence-corrected chi connectivity index (χ4v) is 3.49. The summed E-state index contributed by atoms with van der Waals surface area (Å²) in [7, 11) is 0. The molecule has 0 aliphatic heterocycles. The second-order valence-electron chi connectivity index (χ2n) is 4.19. The first-order valence-corrected chi connectivity index (χ1v) is 7.56. The number of anilines is 1. The Morgan fingerprint density at radius 1 is 1.22 bits per heavy atom. The minimum atomic E-state index is 0.363. The van der Waals surface area contributed by atoms with E-state index in [1.807, 2.05) is 0 Å². The largest absolute Gasteiger partial charge is 0.367 e. The summed E-state index contributed by atoms with van der Waals surface area (Å²) in [4.78, 5) is 11.0. The fourth-order valence-electron chi connectivity index (χ4n) is 1.92. The van der Waals surface area contributed by atoms with Gasteiger partial charge in [-0.3, -0.25) is 0 Å². The molecule has 0 spiro atoms. The number of nitrogens with one attached hydrogen (secondary N) is 1. The first-order chi connectivity index (χ1) is 8.83. The minimum absolute atomic E-state index is 0.363. The molecule has 3 aromatic heterocycles. The highest BCUT2D eigenvalue weighted by Crippen LogP contribution is 2.24. The van der Waals surface area contributed by atoms with Crippen molar-refractivity contribution in [1.82, 2.24) is 9.97 Å². The van der Waals surface area contributed by atoms with Gasteiger partial charge in [-0.1, -0.05) is 6.07 Å². The van der Waals surface area contributed by atoms with Crippen LogP contribution in [0.4, 0.5) is 5.82 Å². The third-order valence-corrected chi connectivity index (χ3v) is 4.45. The first kappa shape index (κ1) is 11.6. The van der Waals surface area contributed by atoms with Gasteiger partial charge in [0.05, 0.1) is 5.39 Å². The van der Waals surface area contributed by atoms with Crippen LogP contribution in [0.3, 0.4) is 0 Å². The summed E-state index contributed by atoms with van der Waals surface area (Å²) in [5.74, 6) is 0.935. The van der Waals surface area contributed by atoms with E-state index in [0.717, 1.165) is 22.5 Å². The molecule has 0 saturated heterocycles. The van der Waals surface area contributed by atoms with Crippen LogP contribution in [0.1, 0.15) is 11.8 Å². The van der Waals surface area contributed by atoms with E-state index in [1.165, 1.54) is 4.88 Å². The van der Waals surface area contributed by atoms with Gasteiger partial charge in [0, 0.05) is 17.3 Å². The maximum Gasteiger partial charge on any atom is 0.138 e. The molecule has 18 heavy (non-hydrogen) atoms. The molecule has 1 unspecified atom stereocenters. The maximum atomic E-state index is 4.34. The molecule has 92 valence electrons. The number of rotatable bonds is 4. The molecule has 0 amide bonds. The van der Waals surface area contributed by atoms with Gasteiger partial charge >= 0.3 is 0 Å². The smallest absolute Gasteiger partial charge is 0.138 e. The van der Waals surface area contributed by atoms with E-state index in [1.54, 1.807) is 29.0 Å². The number of nitrogens with zero attached hydrogens (tertiary/aromatic N) is 2. The molecule has 0 bridgehead atoms. The molecule has 0 aromatic carbocycles. The number of fused-ring (bicyclic) bond motifs is 1. The van der Waals surface area contributed by atoms with Gasteiger partial charge in [0.2, 0.25) is 0 Å². The lowest BCUT2D eigenvalue weighted by atomic mass is 10.2. The fraction of sp³-hybridized carbons (Fsp3) is 0.231. The highest BCUT2D eigenvalue weighted by Gasteiger charge is 2.09. The highest BCUT2D eigenvalue weighted by molar-refractivity contribution is 7.16. The molecule has 0 radical (unpaired) electrons. The van der Waals surface area contributed by atoms with Crippen LogP contribution in [0.25, 0.3) is 10.2 Å². The Balaban J connectivity index is 1.77. The molecule has 0 saturated carbocycles. The van der Waals surface area contributed by atoms with E-state index in [9.17, 15) is 0 Å². The lowest BCUT2D eigenvalue weighted by Crippen LogP contribution is -2.18. The van der Waals surface area contributed by atoms with Crippen LogP contribution in [0.5, 0.6) is 0 Å². The lowest BCUT2D eigenvalue weighted by molar-refractivity contribution is 0.795. The summed E-state index contributed by atoms with van der Waals surface area (Å²) >= 11 is 3.44. The average Bonchev–Trinajstić information content (AvgIpc) is 2.99. The van der Waals surface area contributed by atoms with Gasteiger partial charge in [-0.05, 0) is 29.8 Å². The van der Waals surface area contributed by atoms with Crippen molar-refractivity contribution < 1.29 is 0 Å². The summed E-state index contributed by atoms with van der Waals surface area (Å²) in [5.41, 5.74) is 0. The third-order valence-electron chi connectivity index (χ3n) is 2.73. The van der Waals surface area contributed by atoms with E-state index in [4.69, 9.17) is 0 Å². The van der Waals surface area contributed by atoms with Crippen molar-refractivity contribution in [3.8, 4) is 0 Å². The zero-order valence-corrected chi connectivity index (χ0v) is 11.6. The zero-order valence-electron chi connectivity index (χ0n) is 9.96. The Kier molecular flexibility index (Phi) is 3.25. The third kappa shape index (κ3) is 2.37. The van der Waals surface area contributed by atoms with Gasteiger partial charge in [-0.2, -0.15) is 0 Å². The molecule has 3 aromatic rings. The molecule has 1 N–H and O–H groups in total. The molecule has 1 atom stereocenters. The van der Waals surface area contributed by atoms with Gasteiger partial charge < -0.3 is 5.32 Å². The molecule has 3 rings (SSSR count). The number of hydrogen-bond donors (Lipinski definition) is 1. The SMILES string of the molecule is CC(Cc1cccs1)Nc1ncnc2sccc12. The van der Waals surface area contributed by atoms with Crippen molar-refractivity contribution in [2.24, 2.45) is 0 Å². The summed E-state index contributed by atoms with van der Waals surface area (Å²) < 4.78 is 0. The second kappa shape index (κ2) is 5.04. The van der Waals surface area contributed by atoms with Crippen LogP contribution in [0, 0.1) is 0 Å². The quantitative estimate of drug-likeness (QED) is 0.787. The zero-order chi connectivity index (χ0) is 12.4. The minimum Gasteiger partial charge on any atom is -0.367 e. The van der Waals surface area contributed by atoms with Crippen LogP contribution in [-0.2, 0) is 6.42 Å².